The van der Waals surface area contributed by atoms with Crippen LogP contribution in [0, 0.1) is 11.6 Å². The summed E-state index contributed by atoms with van der Waals surface area (Å²) in [6.45, 7) is -0.164. The molecule has 0 amide bonds. The normalized spacial score (nSPS) is 11.4. The van der Waals surface area contributed by atoms with Gasteiger partial charge in [0.15, 0.2) is 11.6 Å². The third-order valence-corrected chi connectivity index (χ3v) is 3.98. The Hall–Kier alpha value is -1.70. The molecule has 0 saturated carbocycles. The second-order valence-electron chi connectivity index (χ2n) is 4.14. The van der Waals surface area contributed by atoms with Crippen LogP contribution in [0.2, 0.25) is 5.02 Å². The second-order valence-corrected chi connectivity index (χ2v) is 6.08. The van der Waals surface area contributed by atoms with Gasteiger partial charge in [0.25, 0.3) is 0 Å². The first-order valence-electron chi connectivity index (χ1n) is 5.67. The monoisotopic (exact) mass is 333 g/mol. The molecule has 8 heteroatoms. The van der Waals surface area contributed by atoms with Crippen molar-refractivity contribution in [1.82, 2.24) is 0 Å². The lowest BCUT2D eigenvalue weighted by atomic mass is 10.2. The van der Waals surface area contributed by atoms with E-state index in [4.69, 9.17) is 21.5 Å². The molecule has 0 heterocycles. The van der Waals surface area contributed by atoms with Crippen molar-refractivity contribution in [3.8, 4) is 5.75 Å². The molecule has 2 aromatic rings. The molecule has 0 bridgehead atoms. The van der Waals surface area contributed by atoms with Crippen molar-refractivity contribution in [2.45, 2.75) is 11.5 Å². The predicted molar refractivity (Wildman–Crippen MR) is 73.5 cm³/mol. The Labute approximate surface area is 125 Å². The van der Waals surface area contributed by atoms with Crippen LogP contribution in [-0.4, -0.2) is 8.42 Å². The van der Waals surface area contributed by atoms with E-state index in [1.165, 1.54) is 18.2 Å². The second kappa shape index (κ2) is 5.97. The first-order valence-corrected chi connectivity index (χ1v) is 7.59. The van der Waals surface area contributed by atoms with Crippen molar-refractivity contribution in [3.05, 3.63) is 58.6 Å². The number of nitrogens with two attached hydrogens (primary N) is 1. The minimum Gasteiger partial charge on any atom is -0.486 e. The molecular weight excluding hydrogens is 324 g/mol. The van der Waals surface area contributed by atoms with Crippen molar-refractivity contribution in [2.24, 2.45) is 5.14 Å². The van der Waals surface area contributed by atoms with Crippen molar-refractivity contribution >= 4 is 21.6 Å². The summed E-state index contributed by atoms with van der Waals surface area (Å²) >= 11 is 5.74. The molecule has 0 fully saturated rings. The Bertz CT molecular complexity index is 781. The van der Waals surface area contributed by atoms with Crippen molar-refractivity contribution in [1.29, 1.82) is 0 Å². The van der Waals surface area contributed by atoms with Gasteiger partial charge in [-0.3, -0.25) is 0 Å². The Morgan fingerprint density at radius 2 is 1.86 bits per heavy atom. The topological polar surface area (TPSA) is 69.4 Å². The Morgan fingerprint density at radius 1 is 1.14 bits per heavy atom. The van der Waals surface area contributed by atoms with Crippen LogP contribution in [0.4, 0.5) is 8.78 Å². The number of primary sulfonamides is 1. The molecule has 4 nitrogen and oxygen atoms in total. The largest absolute Gasteiger partial charge is 0.486 e. The fourth-order valence-electron chi connectivity index (χ4n) is 1.59. The third kappa shape index (κ3) is 3.69. The van der Waals surface area contributed by atoms with Gasteiger partial charge in [-0.15, -0.1) is 0 Å². The molecule has 2 N–H and O–H groups in total. The lowest BCUT2D eigenvalue weighted by Crippen LogP contribution is -2.12. The summed E-state index contributed by atoms with van der Waals surface area (Å²) in [6.07, 6.45) is 0. The highest BCUT2D eigenvalue weighted by Crippen LogP contribution is 2.24. The highest BCUT2D eigenvalue weighted by molar-refractivity contribution is 7.89. The first-order chi connectivity index (χ1) is 9.79. The first kappa shape index (κ1) is 15.7. The molecule has 0 aliphatic carbocycles. The van der Waals surface area contributed by atoms with Gasteiger partial charge in [-0.2, -0.15) is 0 Å². The number of rotatable bonds is 4. The average molecular weight is 334 g/mol. The van der Waals surface area contributed by atoms with Crippen LogP contribution in [0.25, 0.3) is 0 Å². The zero-order valence-corrected chi connectivity index (χ0v) is 12.1. The van der Waals surface area contributed by atoms with Crippen LogP contribution in [0.1, 0.15) is 5.56 Å². The van der Waals surface area contributed by atoms with Crippen LogP contribution < -0.4 is 9.88 Å². The van der Waals surface area contributed by atoms with Gasteiger partial charge in [-0.25, -0.2) is 22.3 Å². The molecule has 2 rings (SSSR count). The molecule has 0 aliphatic heterocycles. The van der Waals surface area contributed by atoms with E-state index in [2.05, 4.69) is 0 Å². The molecule has 0 aromatic heterocycles. The number of hydrogen-bond donors (Lipinski definition) is 1. The van der Waals surface area contributed by atoms with Crippen LogP contribution in [0.15, 0.2) is 41.3 Å². The standard InChI is InChI=1S/C13H10ClF2NO3S/c14-13-8(2-1-3-10(13)15)7-20-12-5-4-9(6-11(12)16)21(17,18)19/h1-6H,7H2,(H2,17,18,19). The van der Waals surface area contributed by atoms with Gasteiger partial charge in [-0.1, -0.05) is 23.7 Å². The summed E-state index contributed by atoms with van der Waals surface area (Å²) in [5.74, 6) is -1.69. The predicted octanol–water partition coefficient (Wildman–Crippen LogP) is 2.84. The molecular formula is C13H10ClF2NO3S. The van der Waals surface area contributed by atoms with E-state index in [0.717, 1.165) is 18.2 Å². The zero-order valence-electron chi connectivity index (χ0n) is 10.5. The minimum absolute atomic E-state index is 0.112. The van der Waals surface area contributed by atoms with Gasteiger partial charge in [0, 0.05) is 5.56 Å². The number of sulfonamides is 1. The summed E-state index contributed by atoms with van der Waals surface area (Å²) in [5.41, 5.74) is 0.339. The third-order valence-electron chi connectivity index (χ3n) is 2.65. The van der Waals surface area contributed by atoms with E-state index >= 15 is 0 Å². The highest BCUT2D eigenvalue weighted by atomic mass is 35.5. The Morgan fingerprint density at radius 3 is 2.48 bits per heavy atom. The molecule has 0 spiro atoms. The average Bonchev–Trinajstić information content (AvgIpc) is 2.40. The van der Waals surface area contributed by atoms with Crippen LogP contribution in [0.5, 0.6) is 5.75 Å². The lowest BCUT2D eigenvalue weighted by Gasteiger charge is -2.09. The minimum atomic E-state index is -3.99. The Balaban J connectivity index is 2.19. The summed E-state index contributed by atoms with van der Waals surface area (Å²) in [4.78, 5) is -0.365. The smallest absolute Gasteiger partial charge is 0.238 e. The maximum atomic E-state index is 13.7. The summed E-state index contributed by atoms with van der Waals surface area (Å²) in [6, 6.07) is 7.15. The maximum Gasteiger partial charge on any atom is 0.238 e. The van der Waals surface area contributed by atoms with Crippen LogP contribution >= 0.6 is 11.6 Å². The molecule has 112 valence electrons. The number of benzene rings is 2. The fourth-order valence-corrected chi connectivity index (χ4v) is 2.30. The highest BCUT2D eigenvalue weighted by Gasteiger charge is 2.13. The molecule has 21 heavy (non-hydrogen) atoms. The van der Waals surface area contributed by atoms with Gasteiger partial charge >= 0.3 is 0 Å². The molecule has 0 aliphatic rings. The van der Waals surface area contributed by atoms with Crippen molar-refractivity contribution < 1.29 is 21.9 Å². The fraction of sp³-hybridized carbons (Fsp3) is 0.0769. The van der Waals surface area contributed by atoms with Gasteiger partial charge in [0.2, 0.25) is 10.0 Å². The molecule has 0 atom stereocenters. The number of hydrogen-bond acceptors (Lipinski definition) is 3. The van der Waals surface area contributed by atoms with E-state index in [9.17, 15) is 17.2 Å². The summed E-state index contributed by atoms with van der Waals surface area (Å²) in [7, 11) is -3.99. The van der Waals surface area contributed by atoms with Crippen LogP contribution in [0.3, 0.4) is 0 Å². The lowest BCUT2D eigenvalue weighted by molar-refractivity contribution is 0.289. The molecule has 0 saturated heterocycles. The molecule has 0 unspecified atom stereocenters. The molecule has 0 radical (unpaired) electrons. The van der Waals surface area contributed by atoms with E-state index < -0.39 is 21.7 Å². The van der Waals surface area contributed by atoms with Gasteiger partial charge in [0.1, 0.15) is 12.4 Å². The van der Waals surface area contributed by atoms with Gasteiger partial charge in [0.05, 0.1) is 9.92 Å². The van der Waals surface area contributed by atoms with E-state index in [1.807, 2.05) is 0 Å². The Kier molecular flexibility index (Phi) is 4.46. The van der Waals surface area contributed by atoms with Gasteiger partial charge in [-0.05, 0) is 24.3 Å². The number of halogens is 3. The SMILES string of the molecule is NS(=O)(=O)c1ccc(OCc2cccc(F)c2Cl)c(F)c1. The van der Waals surface area contributed by atoms with Gasteiger partial charge < -0.3 is 4.74 Å². The quantitative estimate of drug-likeness (QED) is 0.935. The van der Waals surface area contributed by atoms with E-state index in [-0.39, 0.29) is 22.3 Å². The van der Waals surface area contributed by atoms with E-state index in [0.29, 0.717) is 5.56 Å². The van der Waals surface area contributed by atoms with E-state index in [1.54, 1.807) is 0 Å². The maximum absolute atomic E-state index is 13.7. The molecule has 2 aromatic carbocycles. The van der Waals surface area contributed by atoms with Crippen LogP contribution in [-0.2, 0) is 16.6 Å². The number of ether oxygens (including phenoxy) is 1. The summed E-state index contributed by atoms with van der Waals surface area (Å²) in [5, 5.41) is 4.77. The summed E-state index contributed by atoms with van der Waals surface area (Å²) < 4.78 is 54.2. The van der Waals surface area contributed by atoms with Crippen molar-refractivity contribution in [3.63, 3.8) is 0 Å². The zero-order chi connectivity index (χ0) is 15.6. The van der Waals surface area contributed by atoms with Crippen molar-refractivity contribution in [2.75, 3.05) is 0 Å².